The van der Waals surface area contributed by atoms with Gasteiger partial charge in [-0.3, -0.25) is 5.01 Å². The molecule has 8 nitrogen and oxygen atoms in total. The first kappa shape index (κ1) is 9.28. The van der Waals surface area contributed by atoms with Crippen molar-refractivity contribution in [1.29, 1.82) is 0 Å². The summed E-state index contributed by atoms with van der Waals surface area (Å²) in [6, 6.07) is 0. The number of rotatable bonds is 2. The summed E-state index contributed by atoms with van der Waals surface area (Å²) in [6.45, 7) is 2.09. The topological polar surface area (TPSA) is 73.9 Å². The lowest BCUT2D eigenvalue weighted by atomic mass is 10.4. The fourth-order valence-corrected chi connectivity index (χ4v) is 1.69. The standard InChI is InChI=1S/C8H11N7O/c1-3-14(11-9-1)8-7-13(5-6-16-8)15-4-2-10-12-15/h1-4,8H,5-7H2. The normalized spacial score (nSPS) is 21.2. The number of hydrogen-bond acceptors (Lipinski definition) is 6. The molecule has 0 aromatic carbocycles. The van der Waals surface area contributed by atoms with E-state index in [1.54, 1.807) is 28.1 Å². The van der Waals surface area contributed by atoms with E-state index < -0.39 is 0 Å². The molecule has 84 valence electrons. The predicted molar refractivity (Wildman–Crippen MR) is 53.0 cm³/mol. The first-order valence-electron chi connectivity index (χ1n) is 5.02. The van der Waals surface area contributed by atoms with Crippen molar-refractivity contribution >= 4 is 0 Å². The Bertz CT molecular complexity index is 385. The van der Waals surface area contributed by atoms with Crippen molar-refractivity contribution in [3.8, 4) is 0 Å². The molecule has 0 amide bonds. The molecular weight excluding hydrogens is 210 g/mol. The molecule has 0 saturated carbocycles. The molecule has 1 aliphatic heterocycles. The Morgan fingerprint density at radius 3 is 2.75 bits per heavy atom. The molecule has 2 aromatic heterocycles. The zero-order valence-electron chi connectivity index (χ0n) is 8.55. The van der Waals surface area contributed by atoms with Gasteiger partial charge in [0.1, 0.15) is 0 Å². The summed E-state index contributed by atoms with van der Waals surface area (Å²) in [7, 11) is 0. The summed E-state index contributed by atoms with van der Waals surface area (Å²) in [5.74, 6) is 0. The molecule has 3 rings (SSSR count). The fraction of sp³-hybridized carbons (Fsp3) is 0.500. The third kappa shape index (κ3) is 1.63. The van der Waals surface area contributed by atoms with Crippen molar-refractivity contribution in [1.82, 2.24) is 30.1 Å². The van der Waals surface area contributed by atoms with Gasteiger partial charge in [0.25, 0.3) is 0 Å². The molecule has 0 radical (unpaired) electrons. The van der Waals surface area contributed by atoms with Crippen LogP contribution in [-0.2, 0) is 4.74 Å². The van der Waals surface area contributed by atoms with Crippen molar-refractivity contribution in [2.24, 2.45) is 0 Å². The lowest BCUT2D eigenvalue weighted by Crippen LogP contribution is -2.47. The van der Waals surface area contributed by atoms with Gasteiger partial charge in [-0.2, -0.15) is 4.79 Å². The van der Waals surface area contributed by atoms with Gasteiger partial charge in [-0.15, -0.1) is 10.2 Å². The van der Waals surface area contributed by atoms with Crippen molar-refractivity contribution in [2.75, 3.05) is 24.7 Å². The predicted octanol–water partition coefficient (Wildman–Crippen LogP) is -0.963. The van der Waals surface area contributed by atoms with Gasteiger partial charge in [-0.05, 0) is 5.21 Å². The number of ether oxygens (including phenoxy) is 1. The SMILES string of the molecule is c1cn(C2CN(n3ccnn3)CCO2)nn1. The number of morpholine rings is 1. The number of hydrogen-bond donors (Lipinski definition) is 0. The highest BCUT2D eigenvalue weighted by molar-refractivity contribution is 4.89. The molecule has 0 N–H and O–H groups in total. The van der Waals surface area contributed by atoms with E-state index in [9.17, 15) is 0 Å². The minimum atomic E-state index is -0.125. The summed E-state index contributed by atoms with van der Waals surface area (Å²) < 4.78 is 7.31. The first-order chi connectivity index (χ1) is 7.93. The maximum Gasteiger partial charge on any atom is 0.170 e. The molecule has 0 aliphatic carbocycles. The average Bonchev–Trinajstić information content (AvgIpc) is 3.03. The molecule has 16 heavy (non-hydrogen) atoms. The Balaban J connectivity index is 1.75. The zero-order chi connectivity index (χ0) is 10.8. The van der Waals surface area contributed by atoms with E-state index in [4.69, 9.17) is 4.74 Å². The minimum Gasteiger partial charge on any atom is -0.353 e. The highest BCUT2D eigenvalue weighted by Crippen LogP contribution is 2.12. The Morgan fingerprint density at radius 2 is 2.00 bits per heavy atom. The molecule has 0 bridgehead atoms. The molecule has 1 saturated heterocycles. The summed E-state index contributed by atoms with van der Waals surface area (Å²) in [6.07, 6.45) is 6.76. The summed E-state index contributed by atoms with van der Waals surface area (Å²) >= 11 is 0. The van der Waals surface area contributed by atoms with Crippen LogP contribution in [0.2, 0.25) is 0 Å². The summed E-state index contributed by atoms with van der Waals surface area (Å²) in [5, 5.41) is 17.5. The van der Waals surface area contributed by atoms with E-state index in [0.29, 0.717) is 13.2 Å². The Morgan fingerprint density at radius 1 is 1.12 bits per heavy atom. The van der Waals surface area contributed by atoms with E-state index in [2.05, 4.69) is 20.6 Å². The molecule has 1 unspecified atom stereocenters. The van der Waals surface area contributed by atoms with Crippen LogP contribution in [0.25, 0.3) is 0 Å². The smallest absolute Gasteiger partial charge is 0.170 e. The van der Waals surface area contributed by atoms with Gasteiger partial charge >= 0.3 is 0 Å². The quantitative estimate of drug-likeness (QED) is 0.650. The van der Waals surface area contributed by atoms with Crippen molar-refractivity contribution in [3.05, 3.63) is 24.8 Å². The van der Waals surface area contributed by atoms with Crippen LogP contribution in [0, 0.1) is 0 Å². The van der Waals surface area contributed by atoms with Crippen LogP contribution < -0.4 is 5.01 Å². The maximum atomic E-state index is 5.61. The zero-order valence-corrected chi connectivity index (χ0v) is 8.55. The molecule has 8 heteroatoms. The van der Waals surface area contributed by atoms with E-state index in [-0.39, 0.29) is 6.23 Å². The van der Waals surface area contributed by atoms with Crippen molar-refractivity contribution in [2.45, 2.75) is 6.23 Å². The second-order valence-electron chi connectivity index (χ2n) is 3.44. The largest absolute Gasteiger partial charge is 0.353 e. The van der Waals surface area contributed by atoms with Gasteiger partial charge in [0.15, 0.2) is 6.23 Å². The lowest BCUT2D eigenvalue weighted by Gasteiger charge is -2.33. The third-order valence-corrected chi connectivity index (χ3v) is 2.46. The van der Waals surface area contributed by atoms with Crippen molar-refractivity contribution < 1.29 is 4.74 Å². The third-order valence-electron chi connectivity index (χ3n) is 2.46. The van der Waals surface area contributed by atoms with Gasteiger partial charge in [0, 0.05) is 6.20 Å². The van der Waals surface area contributed by atoms with Crippen LogP contribution in [0.3, 0.4) is 0 Å². The van der Waals surface area contributed by atoms with Gasteiger partial charge in [-0.25, -0.2) is 4.68 Å². The van der Waals surface area contributed by atoms with Gasteiger partial charge in [0.2, 0.25) is 0 Å². The van der Waals surface area contributed by atoms with E-state index >= 15 is 0 Å². The molecule has 1 fully saturated rings. The Kier molecular flexibility index (Phi) is 2.26. The number of aromatic nitrogens is 6. The van der Waals surface area contributed by atoms with Crippen LogP contribution in [0.15, 0.2) is 24.8 Å². The monoisotopic (exact) mass is 221 g/mol. The highest BCUT2D eigenvalue weighted by Gasteiger charge is 2.22. The van der Waals surface area contributed by atoms with Crippen LogP contribution in [0.4, 0.5) is 0 Å². The maximum absolute atomic E-state index is 5.61. The molecule has 0 spiro atoms. The van der Waals surface area contributed by atoms with Crippen LogP contribution >= 0.6 is 0 Å². The fourth-order valence-electron chi connectivity index (χ4n) is 1.69. The van der Waals surface area contributed by atoms with E-state index in [1.807, 2.05) is 11.2 Å². The number of nitrogens with zero attached hydrogens (tertiary/aromatic N) is 7. The van der Waals surface area contributed by atoms with Gasteiger partial charge in [-0.1, -0.05) is 5.21 Å². The molecule has 3 heterocycles. The Labute approximate surface area is 91.4 Å². The summed E-state index contributed by atoms with van der Waals surface area (Å²) in [5.41, 5.74) is 0. The first-order valence-corrected chi connectivity index (χ1v) is 5.02. The molecule has 2 aromatic rings. The van der Waals surface area contributed by atoms with E-state index in [0.717, 1.165) is 6.54 Å². The lowest BCUT2D eigenvalue weighted by molar-refractivity contribution is -0.0263. The van der Waals surface area contributed by atoms with Crippen molar-refractivity contribution in [3.63, 3.8) is 0 Å². The average molecular weight is 221 g/mol. The van der Waals surface area contributed by atoms with Crippen LogP contribution in [0.5, 0.6) is 0 Å². The molecule has 1 aliphatic rings. The second kappa shape index (κ2) is 3.89. The minimum absolute atomic E-state index is 0.125. The molecular formula is C8H11N7O. The Hall–Kier alpha value is -1.96. The van der Waals surface area contributed by atoms with Gasteiger partial charge < -0.3 is 4.74 Å². The van der Waals surface area contributed by atoms with Gasteiger partial charge in [0.05, 0.1) is 38.3 Å². The second-order valence-corrected chi connectivity index (χ2v) is 3.44. The van der Waals surface area contributed by atoms with Crippen LogP contribution in [-0.4, -0.2) is 49.8 Å². The van der Waals surface area contributed by atoms with Crippen LogP contribution in [0.1, 0.15) is 6.23 Å². The highest BCUT2D eigenvalue weighted by atomic mass is 16.5. The summed E-state index contributed by atoms with van der Waals surface area (Å²) in [4.78, 5) is 1.71. The van der Waals surface area contributed by atoms with E-state index in [1.165, 1.54) is 0 Å². The molecule has 1 atom stereocenters.